The summed E-state index contributed by atoms with van der Waals surface area (Å²) < 4.78 is 0. The van der Waals surface area contributed by atoms with E-state index in [9.17, 15) is 4.79 Å². The molecule has 1 nitrogen and oxygen atoms in total. The van der Waals surface area contributed by atoms with Gasteiger partial charge in [0.1, 0.15) is 0 Å². The van der Waals surface area contributed by atoms with Crippen molar-refractivity contribution >= 4 is 40.6 Å². The van der Waals surface area contributed by atoms with Gasteiger partial charge in [0, 0.05) is 22.0 Å². The molecule has 0 saturated carbocycles. The quantitative estimate of drug-likeness (QED) is 0.629. The van der Waals surface area contributed by atoms with Crippen LogP contribution >= 0.6 is 34.8 Å². The first-order chi connectivity index (χ1) is 9.58. The van der Waals surface area contributed by atoms with Crippen molar-refractivity contribution in [3.8, 4) is 0 Å². The molecule has 0 saturated heterocycles. The maximum Gasteiger partial charge on any atom is 0.164 e. The molecule has 2 aromatic carbocycles. The van der Waals surface area contributed by atoms with Gasteiger partial charge in [-0.15, -0.1) is 0 Å². The summed E-state index contributed by atoms with van der Waals surface area (Å²) >= 11 is 18.0. The van der Waals surface area contributed by atoms with Crippen LogP contribution in [0.5, 0.6) is 0 Å². The second kappa shape index (κ2) is 7.12. The van der Waals surface area contributed by atoms with E-state index in [0.29, 0.717) is 22.0 Å². The third-order valence-electron chi connectivity index (χ3n) is 3.04. The second-order valence-corrected chi connectivity index (χ2v) is 5.74. The van der Waals surface area contributed by atoms with E-state index >= 15 is 0 Å². The zero-order valence-corrected chi connectivity index (χ0v) is 13.0. The average molecular weight is 328 g/mol. The fourth-order valence-corrected chi connectivity index (χ4v) is 2.61. The summed E-state index contributed by atoms with van der Waals surface area (Å²) in [4.78, 5) is 12.1. The Morgan fingerprint density at radius 3 is 2.45 bits per heavy atom. The van der Waals surface area contributed by atoms with Crippen molar-refractivity contribution in [3.05, 3.63) is 68.7 Å². The van der Waals surface area contributed by atoms with Gasteiger partial charge in [0.2, 0.25) is 0 Å². The Labute approximate surface area is 133 Å². The Hall–Kier alpha value is -1.02. The molecule has 2 aromatic rings. The van der Waals surface area contributed by atoms with Crippen molar-refractivity contribution in [1.29, 1.82) is 0 Å². The van der Waals surface area contributed by atoms with E-state index in [-0.39, 0.29) is 5.78 Å². The molecule has 20 heavy (non-hydrogen) atoms. The summed E-state index contributed by atoms with van der Waals surface area (Å²) in [6.45, 7) is 0. The highest BCUT2D eigenvalue weighted by atomic mass is 35.5. The Balaban J connectivity index is 1.96. The van der Waals surface area contributed by atoms with Gasteiger partial charge in [-0.2, -0.15) is 0 Å². The number of carbonyl (C=O) groups excluding carboxylic acids is 1. The number of ketones is 1. The molecule has 0 N–H and O–H groups in total. The van der Waals surface area contributed by atoms with E-state index in [1.54, 1.807) is 18.2 Å². The lowest BCUT2D eigenvalue weighted by atomic mass is 10.0. The molecule has 0 aromatic heterocycles. The van der Waals surface area contributed by atoms with Crippen LogP contribution in [-0.4, -0.2) is 5.78 Å². The normalized spacial score (nSPS) is 10.6. The largest absolute Gasteiger partial charge is 0.294 e. The minimum Gasteiger partial charge on any atom is -0.294 e. The van der Waals surface area contributed by atoms with Crippen LogP contribution in [0.2, 0.25) is 15.1 Å². The third-order valence-corrected chi connectivity index (χ3v) is 3.97. The van der Waals surface area contributed by atoms with E-state index in [4.69, 9.17) is 34.8 Å². The summed E-state index contributed by atoms with van der Waals surface area (Å²) in [7, 11) is 0. The summed E-state index contributed by atoms with van der Waals surface area (Å²) in [6, 6.07) is 12.6. The van der Waals surface area contributed by atoms with Crippen LogP contribution in [-0.2, 0) is 6.42 Å². The molecule has 0 aliphatic rings. The van der Waals surface area contributed by atoms with Crippen LogP contribution in [0.25, 0.3) is 0 Å². The number of Topliss-reactive ketones (excluding diaryl/α,β-unsaturated/α-hetero) is 1. The predicted molar refractivity (Wildman–Crippen MR) is 85.2 cm³/mol. The SMILES string of the molecule is O=C(CCCc1ccccc1Cl)c1cc(Cl)ccc1Cl. The topological polar surface area (TPSA) is 17.1 Å². The second-order valence-electron chi connectivity index (χ2n) is 4.49. The summed E-state index contributed by atoms with van der Waals surface area (Å²) in [5.74, 6) is 0.00422. The molecule has 104 valence electrons. The zero-order valence-electron chi connectivity index (χ0n) is 10.7. The first-order valence-corrected chi connectivity index (χ1v) is 7.43. The monoisotopic (exact) mass is 326 g/mol. The van der Waals surface area contributed by atoms with Gasteiger partial charge in [0.15, 0.2) is 5.78 Å². The highest BCUT2D eigenvalue weighted by Gasteiger charge is 2.11. The summed E-state index contributed by atoms with van der Waals surface area (Å²) in [5.41, 5.74) is 1.54. The van der Waals surface area contributed by atoms with Crippen molar-refractivity contribution in [2.45, 2.75) is 19.3 Å². The fraction of sp³-hybridized carbons (Fsp3) is 0.188. The fourth-order valence-electron chi connectivity index (χ4n) is 1.99. The smallest absolute Gasteiger partial charge is 0.164 e. The molecule has 0 radical (unpaired) electrons. The first-order valence-electron chi connectivity index (χ1n) is 6.29. The minimum atomic E-state index is 0.00422. The van der Waals surface area contributed by atoms with Crippen molar-refractivity contribution in [2.75, 3.05) is 0 Å². The molecule has 0 amide bonds. The van der Waals surface area contributed by atoms with Crippen LogP contribution in [0.1, 0.15) is 28.8 Å². The Bertz CT molecular complexity index is 623. The molecule has 0 heterocycles. The highest BCUT2D eigenvalue weighted by molar-refractivity contribution is 6.35. The van der Waals surface area contributed by atoms with Crippen LogP contribution in [0, 0.1) is 0 Å². The van der Waals surface area contributed by atoms with E-state index in [0.717, 1.165) is 23.4 Å². The van der Waals surface area contributed by atoms with Crippen molar-refractivity contribution in [3.63, 3.8) is 0 Å². The van der Waals surface area contributed by atoms with Crippen molar-refractivity contribution in [1.82, 2.24) is 0 Å². The minimum absolute atomic E-state index is 0.00422. The highest BCUT2D eigenvalue weighted by Crippen LogP contribution is 2.23. The van der Waals surface area contributed by atoms with Crippen LogP contribution in [0.4, 0.5) is 0 Å². The van der Waals surface area contributed by atoms with Gasteiger partial charge in [-0.1, -0.05) is 53.0 Å². The maximum atomic E-state index is 12.1. The molecule has 0 fully saturated rings. The molecule has 2 rings (SSSR count). The van der Waals surface area contributed by atoms with Gasteiger partial charge in [0.25, 0.3) is 0 Å². The lowest BCUT2D eigenvalue weighted by molar-refractivity contribution is 0.0980. The molecule has 0 bridgehead atoms. The van der Waals surface area contributed by atoms with E-state index in [1.807, 2.05) is 24.3 Å². The number of aryl methyl sites for hydroxylation is 1. The molecular formula is C16H13Cl3O. The number of benzene rings is 2. The van der Waals surface area contributed by atoms with Crippen molar-refractivity contribution < 1.29 is 4.79 Å². The number of hydrogen-bond acceptors (Lipinski definition) is 1. The Morgan fingerprint density at radius 1 is 0.950 bits per heavy atom. The average Bonchev–Trinajstić information content (AvgIpc) is 2.43. The summed E-state index contributed by atoms with van der Waals surface area (Å²) in [5, 5.41) is 1.70. The van der Waals surface area contributed by atoms with E-state index in [2.05, 4.69) is 0 Å². The predicted octanol–water partition coefficient (Wildman–Crippen LogP) is 5.85. The van der Waals surface area contributed by atoms with Gasteiger partial charge in [0.05, 0.1) is 5.02 Å². The summed E-state index contributed by atoms with van der Waals surface area (Å²) in [6.07, 6.45) is 1.92. The van der Waals surface area contributed by atoms with Gasteiger partial charge < -0.3 is 0 Å². The Morgan fingerprint density at radius 2 is 1.70 bits per heavy atom. The molecule has 0 aliphatic carbocycles. The number of rotatable bonds is 5. The van der Waals surface area contributed by atoms with Crippen LogP contribution < -0.4 is 0 Å². The molecule has 0 unspecified atom stereocenters. The van der Waals surface area contributed by atoms with Gasteiger partial charge in [-0.3, -0.25) is 4.79 Å². The van der Waals surface area contributed by atoms with Crippen molar-refractivity contribution in [2.24, 2.45) is 0 Å². The number of hydrogen-bond donors (Lipinski definition) is 0. The maximum absolute atomic E-state index is 12.1. The van der Waals surface area contributed by atoms with Gasteiger partial charge >= 0.3 is 0 Å². The molecular weight excluding hydrogens is 315 g/mol. The molecule has 0 atom stereocenters. The Kier molecular flexibility index (Phi) is 5.47. The third kappa shape index (κ3) is 3.99. The molecule has 4 heteroatoms. The van der Waals surface area contributed by atoms with Gasteiger partial charge in [-0.25, -0.2) is 0 Å². The molecule has 0 spiro atoms. The van der Waals surface area contributed by atoms with Gasteiger partial charge in [-0.05, 0) is 42.7 Å². The standard InChI is InChI=1S/C16H13Cl3O/c17-12-8-9-15(19)13(10-12)16(20)7-3-5-11-4-1-2-6-14(11)18/h1-2,4,6,8-10H,3,5,7H2. The lowest BCUT2D eigenvalue weighted by Crippen LogP contribution is -2.01. The molecule has 0 aliphatic heterocycles. The number of carbonyl (C=O) groups is 1. The van der Waals surface area contributed by atoms with Crippen LogP contribution in [0.3, 0.4) is 0 Å². The van der Waals surface area contributed by atoms with Crippen LogP contribution in [0.15, 0.2) is 42.5 Å². The first kappa shape index (κ1) is 15.4. The lowest BCUT2D eigenvalue weighted by Gasteiger charge is -2.05. The van der Waals surface area contributed by atoms with E-state index in [1.165, 1.54) is 0 Å². The van der Waals surface area contributed by atoms with E-state index < -0.39 is 0 Å². The number of halogens is 3. The zero-order chi connectivity index (χ0) is 14.5.